The molecule has 0 aliphatic carbocycles. The zero-order valence-corrected chi connectivity index (χ0v) is 20.1. The van der Waals surface area contributed by atoms with Crippen LogP contribution >= 0.6 is 0 Å². The number of amides is 4. The van der Waals surface area contributed by atoms with Crippen molar-refractivity contribution < 1.29 is 29.1 Å². The fourth-order valence-electron chi connectivity index (χ4n) is 4.01. The van der Waals surface area contributed by atoms with Gasteiger partial charge in [-0.15, -0.1) is 0 Å². The number of aliphatic carboxylic acids is 1. The minimum Gasteiger partial charge on any atom is -0.480 e. The number of carboxylic acids is 1. The van der Waals surface area contributed by atoms with Crippen molar-refractivity contribution >= 4 is 29.6 Å². The average molecular weight is 514 g/mol. The maximum absolute atomic E-state index is 13.2. The number of nitrogens with one attached hydrogen (secondary N) is 5. The van der Waals surface area contributed by atoms with Gasteiger partial charge in [0.05, 0.1) is 18.8 Å². The van der Waals surface area contributed by atoms with Gasteiger partial charge in [0, 0.05) is 24.7 Å². The topological polar surface area (TPSA) is 208 Å². The summed E-state index contributed by atoms with van der Waals surface area (Å²) in [6.07, 6.45) is 3.74. The first-order chi connectivity index (χ1) is 17.7. The van der Waals surface area contributed by atoms with E-state index in [2.05, 4.69) is 31.2 Å². The Balaban J connectivity index is 1.76. The van der Waals surface area contributed by atoms with Gasteiger partial charge in [0.25, 0.3) is 0 Å². The molecular weight excluding hydrogens is 482 g/mol. The van der Waals surface area contributed by atoms with E-state index in [1.165, 1.54) is 12.5 Å². The lowest BCUT2D eigenvalue weighted by Crippen LogP contribution is -2.58. The van der Waals surface area contributed by atoms with E-state index in [4.69, 9.17) is 5.73 Å². The van der Waals surface area contributed by atoms with Crippen LogP contribution in [-0.2, 0) is 36.8 Å². The number of aromatic nitrogens is 2. The molecule has 1 aromatic heterocycles. The Bertz CT molecular complexity index is 1090. The van der Waals surface area contributed by atoms with Gasteiger partial charge in [0.15, 0.2) is 0 Å². The lowest BCUT2D eigenvalue weighted by atomic mass is 10.0. The Morgan fingerprint density at radius 2 is 1.70 bits per heavy atom. The number of benzene rings is 1. The fourth-order valence-corrected chi connectivity index (χ4v) is 4.01. The molecule has 1 fully saturated rings. The summed E-state index contributed by atoms with van der Waals surface area (Å²) in [5.41, 5.74) is 6.50. The third-order valence-electron chi connectivity index (χ3n) is 5.92. The van der Waals surface area contributed by atoms with Gasteiger partial charge in [0.2, 0.25) is 23.6 Å². The summed E-state index contributed by atoms with van der Waals surface area (Å²) in [6.45, 7) is 0.660. The number of hydrogen-bond donors (Lipinski definition) is 7. The number of imidazole rings is 1. The number of rotatable bonds is 13. The van der Waals surface area contributed by atoms with Crippen molar-refractivity contribution in [3.8, 4) is 0 Å². The van der Waals surface area contributed by atoms with E-state index >= 15 is 0 Å². The highest BCUT2D eigenvalue weighted by molar-refractivity contribution is 5.96. The quantitative estimate of drug-likeness (QED) is 0.165. The van der Waals surface area contributed by atoms with Gasteiger partial charge < -0.3 is 37.1 Å². The van der Waals surface area contributed by atoms with Gasteiger partial charge in [-0.1, -0.05) is 30.3 Å². The molecule has 0 spiro atoms. The number of hydrogen-bond acceptors (Lipinski definition) is 7. The van der Waals surface area contributed by atoms with Crippen LogP contribution < -0.4 is 27.0 Å². The second-order valence-electron chi connectivity index (χ2n) is 8.81. The molecule has 1 aromatic carbocycles. The molecule has 13 nitrogen and oxygen atoms in total. The first kappa shape index (κ1) is 27.3. The molecule has 2 heterocycles. The third-order valence-corrected chi connectivity index (χ3v) is 5.92. The number of carbonyl (C=O) groups excluding carboxylic acids is 4. The molecule has 1 aliphatic heterocycles. The second kappa shape index (κ2) is 13.2. The van der Waals surface area contributed by atoms with Crippen molar-refractivity contribution in [2.24, 2.45) is 5.73 Å². The van der Waals surface area contributed by atoms with E-state index in [0.29, 0.717) is 24.2 Å². The second-order valence-corrected chi connectivity index (χ2v) is 8.81. The highest BCUT2D eigenvalue weighted by Crippen LogP contribution is 2.08. The van der Waals surface area contributed by atoms with E-state index in [-0.39, 0.29) is 12.8 Å². The van der Waals surface area contributed by atoms with Gasteiger partial charge in [-0.3, -0.25) is 19.2 Å². The predicted molar refractivity (Wildman–Crippen MR) is 131 cm³/mol. The maximum atomic E-state index is 13.2. The normalized spacial score (nSPS) is 17.2. The highest BCUT2D eigenvalue weighted by atomic mass is 16.4. The van der Waals surface area contributed by atoms with E-state index < -0.39 is 60.2 Å². The third kappa shape index (κ3) is 8.42. The molecular formula is C24H31N7O6. The van der Waals surface area contributed by atoms with Crippen LogP contribution in [0.4, 0.5) is 0 Å². The largest absolute Gasteiger partial charge is 0.480 e. The first-order valence-corrected chi connectivity index (χ1v) is 11.9. The summed E-state index contributed by atoms with van der Waals surface area (Å²) in [5.74, 6) is -4.06. The summed E-state index contributed by atoms with van der Waals surface area (Å²) in [7, 11) is 0. The van der Waals surface area contributed by atoms with E-state index in [1.54, 1.807) is 30.3 Å². The monoisotopic (exact) mass is 513 g/mol. The predicted octanol–water partition coefficient (Wildman–Crippen LogP) is -1.64. The molecule has 0 saturated carbocycles. The lowest BCUT2D eigenvalue weighted by Gasteiger charge is -2.25. The van der Waals surface area contributed by atoms with Crippen LogP contribution in [0.3, 0.4) is 0 Å². The van der Waals surface area contributed by atoms with E-state index in [1.807, 2.05) is 0 Å². The highest BCUT2D eigenvalue weighted by Gasteiger charge is 2.32. The van der Waals surface area contributed by atoms with Crippen LogP contribution in [0.25, 0.3) is 0 Å². The first-order valence-electron chi connectivity index (χ1n) is 11.9. The van der Waals surface area contributed by atoms with Gasteiger partial charge in [0.1, 0.15) is 18.1 Å². The number of carboxylic acid groups (broad SMARTS) is 1. The molecule has 4 atom stereocenters. The summed E-state index contributed by atoms with van der Waals surface area (Å²) in [5, 5.41) is 20.2. The maximum Gasteiger partial charge on any atom is 0.326 e. The van der Waals surface area contributed by atoms with Gasteiger partial charge in [-0.2, -0.15) is 0 Å². The van der Waals surface area contributed by atoms with Crippen molar-refractivity contribution in [2.75, 3.05) is 6.54 Å². The number of aromatic amines is 1. The van der Waals surface area contributed by atoms with Crippen LogP contribution in [0.2, 0.25) is 0 Å². The van der Waals surface area contributed by atoms with Crippen molar-refractivity contribution in [1.82, 2.24) is 31.2 Å². The van der Waals surface area contributed by atoms with Crippen molar-refractivity contribution in [1.29, 1.82) is 0 Å². The van der Waals surface area contributed by atoms with Crippen molar-refractivity contribution in [2.45, 2.75) is 56.3 Å². The molecule has 198 valence electrons. The van der Waals surface area contributed by atoms with Crippen molar-refractivity contribution in [3.05, 3.63) is 54.1 Å². The SMILES string of the molecule is NC(=O)CC(NC(=O)C1CCCN1)C(=O)NC(Cc1ccccc1)C(=O)NC(Cc1cnc[nH]1)C(=O)O. The Hall–Kier alpha value is -4.26. The molecule has 8 N–H and O–H groups in total. The summed E-state index contributed by atoms with van der Waals surface area (Å²) < 4.78 is 0. The Kier molecular flexibility index (Phi) is 9.72. The van der Waals surface area contributed by atoms with Crippen LogP contribution in [0.15, 0.2) is 42.9 Å². The molecule has 3 rings (SSSR count). The molecule has 1 aliphatic rings. The molecule has 13 heteroatoms. The summed E-state index contributed by atoms with van der Waals surface area (Å²) in [4.78, 5) is 69.0. The van der Waals surface area contributed by atoms with Crippen molar-refractivity contribution in [3.63, 3.8) is 0 Å². The van der Waals surface area contributed by atoms with E-state index in [9.17, 15) is 29.1 Å². The molecule has 37 heavy (non-hydrogen) atoms. The minimum atomic E-state index is -1.31. The molecule has 4 amide bonds. The minimum absolute atomic E-state index is 0.0379. The van der Waals surface area contributed by atoms with Crippen LogP contribution in [0.5, 0.6) is 0 Å². The van der Waals surface area contributed by atoms with Crippen LogP contribution in [0, 0.1) is 0 Å². The molecule has 0 radical (unpaired) electrons. The number of H-pyrrole nitrogens is 1. The van der Waals surface area contributed by atoms with Gasteiger partial charge in [-0.05, 0) is 24.9 Å². The summed E-state index contributed by atoms with van der Waals surface area (Å²) in [6, 6.07) is 4.51. The lowest BCUT2D eigenvalue weighted by molar-refractivity contribution is -0.142. The Labute approximate surface area is 213 Å². The standard InChI is InChI=1S/C24H31N7O6/c25-20(32)11-18(30-21(33)16-7-4-8-27-16)23(35)29-17(9-14-5-2-1-3-6-14)22(34)31-19(24(36)37)10-15-12-26-13-28-15/h1-3,5-6,12-13,16-19,27H,4,7-11H2,(H2,25,32)(H,26,28)(H,29,35)(H,30,33)(H,31,34)(H,36,37). The van der Waals surface area contributed by atoms with Gasteiger partial charge >= 0.3 is 5.97 Å². The molecule has 2 aromatic rings. The van der Waals surface area contributed by atoms with Crippen LogP contribution in [0.1, 0.15) is 30.5 Å². The number of nitrogens with two attached hydrogens (primary N) is 1. The zero-order chi connectivity index (χ0) is 26.8. The molecule has 4 unspecified atom stereocenters. The Morgan fingerprint density at radius 3 is 2.30 bits per heavy atom. The fraction of sp³-hybridized carbons (Fsp3) is 0.417. The van der Waals surface area contributed by atoms with E-state index in [0.717, 1.165) is 6.42 Å². The number of primary amides is 1. The van der Waals surface area contributed by atoms with Gasteiger partial charge in [-0.25, -0.2) is 9.78 Å². The van der Waals surface area contributed by atoms with Crippen LogP contribution in [-0.4, -0.2) is 75.4 Å². The molecule has 1 saturated heterocycles. The summed E-state index contributed by atoms with van der Waals surface area (Å²) >= 11 is 0. The molecule has 0 bridgehead atoms. The number of nitrogens with zero attached hydrogens (tertiary/aromatic N) is 1. The Morgan fingerprint density at radius 1 is 1.00 bits per heavy atom. The number of carbonyl (C=O) groups is 5. The smallest absolute Gasteiger partial charge is 0.326 e. The zero-order valence-electron chi connectivity index (χ0n) is 20.1. The average Bonchev–Trinajstić information content (AvgIpc) is 3.57.